The van der Waals surface area contributed by atoms with Crippen LogP contribution in [0.25, 0.3) is 0 Å². The Labute approximate surface area is 95.6 Å². The average Bonchev–Trinajstić information content (AvgIpc) is 2.29. The summed E-state index contributed by atoms with van der Waals surface area (Å²) >= 11 is 0. The van der Waals surface area contributed by atoms with Gasteiger partial charge in [-0.15, -0.1) is 6.58 Å². The molecule has 1 amide bonds. The Hall–Kier alpha value is -2.08. The van der Waals surface area contributed by atoms with Gasteiger partial charge in [0.2, 0.25) is 5.91 Å². The smallest absolute Gasteiger partial charge is 0.220 e. The van der Waals surface area contributed by atoms with Crippen LogP contribution in [0.1, 0.15) is 18.1 Å². The Balaban J connectivity index is 2.89. The summed E-state index contributed by atoms with van der Waals surface area (Å²) in [6.45, 7) is 6.07. The lowest BCUT2D eigenvalue weighted by atomic mass is 10.1. The fraction of sp³-hybridized carbons (Fsp3) is 0.231. The molecule has 3 nitrogen and oxygen atoms in total. The van der Waals surface area contributed by atoms with Crippen molar-refractivity contribution < 1.29 is 4.79 Å². The molecule has 0 saturated heterocycles. The Morgan fingerprint density at radius 2 is 2.25 bits per heavy atom. The minimum atomic E-state index is -0.0207. The fourth-order valence-electron chi connectivity index (χ4n) is 1.43. The van der Waals surface area contributed by atoms with E-state index >= 15 is 0 Å². The molecule has 0 aliphatic heterocycles. The second-order valence-corrected chi connectivity index (χ2v) is 3.46. The van der Waals surface area contributed by atoms with Gasteiger partial charge in [-0.05, 0) is 11.6 Å². The van der Waals surface area contributed by atoms with E-state index < -0.39 is 0 Å². The number of amides is 1. The Morgan fingerprint density at radius 1 is 1.56 bits per heavy atom. The number of rotatable bonds is 4. The van der Waals surface area contributed by atoms with Crippen LogP contribution < -0.4 is 0 Å². The lowest BCUT2D eigenvalue weighted by Gasteiger charge is -2.19. The van der Waals surface area contributed by atoms with Crippen LogP contribution in [0.15, 0.2) is 36.9 Å². The topological polar surface area (TPSA) is 44.1 Å². The summed E-state index contributed by atoms with van der Waals surface area (Å²) in [6, 6.07) is 9.41. The molecule has 0 heterocycles. The van der Waals surface area contributed by atoms with Gasteiger partial charge in [-0.2, -0.15) is 5.26 Å². The first-order valence-electron chi connectivity index (χ1n) is 5.03. The van der Waals surface area contributed by atoms with E-state index in [1.165, 1.54) is 6.92 Å². The van der Waals surface area contributed by atoms with E-state index in [1.54, 1.807) is 17.0 Å². The van der Waals surface area contributed by atoms with E-state index in [0.717, 1.165) is 5.56 Å². The van der Waals surface area contributed by atoms with E-state index in [2.05, 4.69) is 12.6 Å². The van der Waals surface area contributed by atoms with Gasteiger partial charge in [-0.3, -0.25) is 4.79 Å². The van der Waals surface area contributed by atoms with Crippen LogP contribution in [-0.4, -0.2) is 17.4 Å². The zero-order valence-electron chi connectivity index (χ0n) is 9.31. The number of hydrogen-bond acceptors (Lipinski definition) is 2. The molecule has 3 heteroatoms. The molecule has 0 fully saturated rings. The first kappa shape index (κ1) is 12.0. The normalized spacial score (nSPS) is 9.25. The van der Waals surface area contributed by atoms with Crippen molar-refractivity contribution in [2.75, 3.05) is 6.54 Å². The number of nitrogens with zero attached hydrogens (tertiary/aromatic N) is 2. The molecule has 16 heavy (non-hydrogen) atoms. The van der Waals surface area contributed by atoms with Gasteiger partial charge in [-0.25, -0.2) is 0 Å². The van der Waals surface area contributed by atoms with Crippen molar-refractivity contribution in [3.8, 4) is 6.07 Å². The molecule has 82 valence electrons. The molecule has 0 aliphatic carbocycles. The van der Waals surface area contributed by atoms with Crippen LogP contribution in [0, 0.1) is 11.3 Å². The minimum absolute atomic E-state index is 0.0207. The molecule has 0 radical (unpaired) electrons. The van der Waals surface area contributed by atoms with Crippen molar-refractivity contribution in [3.63, 3.8) is 0 Å². The molecule has 0 bridgehead atoms. The van der Waals surface area contributed by atoms with Crippen molar-refractivity contribution in [2.24, 2.45) is 0 Å². The molecule has 0 unspecified atom stereocenters. The van der Waals surface area contributed by atoms with Crippen LogP contribution in [0.4, 0.5) is 0 Å². The highest BCUT2D eigenvalue weighted by atomic mass is 16.2. The van der Waals surface area contributed by atoms with Crippen LogP contribution in [0.5, 0.6) is 0 Å². The zero-order chi connectivity index (χ0) is 12.0. The van der Waals surface area contributed by atoms with E-state index in [1.807, 2.05) is 18.2 Å². The largest absolute Gasteiger partial charge is 0.335 e. The standard InChI is InChI=1S/C13H14N2O/c1-3-8-15(11(2)16)10-13-7-5-4-6-12(13)9-14/h3-7H,1,8,10H2,2H3. The molecule has 0 atom stereocenters. The lowest BCUT2D eigenvalue weighted by molar-refractivity contribution is -0.128. The average molecular weight is 214 g/mol. The van der Waals surface area contributed by atoms with Gasteiger partial charge in [0.15, 0.2) is 0 Å². The number of nitriles is 1. The van der Waals surface area contributed by atoms with E-state index in [9.17, 15) is 4.79 Å². The highest BCUT2D eigenvalue weighted by molar-refractivity contribution is 5.73. The second-order valence-electron chi connectivity index (χ2n) is 3.46. The maximum atomic E-state index is 11.3. The number of hydrogen-bond donors (Lipinski definition) is 0. The third-order valence-corrected chi connectivity index (χ3v) is 2.29. The summed E-state index contributed by atoms with van der Waals surface area (Å²) in [5.41, 5.74) is 1.47. The van der Waals surface area contributed by atoms with Crippen molar-refractivity contribution in [1.82, 2.24) is 4.90 Å². The molecule has 0 N–H and O–H groups in total. The minimum Gasteiger partial charge on any atom is -0.335 e. The molecule has 0 aliphatic rings. The molecular formula is C13H14N2O. The van der Waals surface area contributed by atoms with Crippen LogP contribution >= 0.6 is 0 Å². The lowest BCUT2D eigenvalue weighted by Crippen LogP contribution is -2.28. The Bertz CT molecular complexity index is 432. The van der Waals surface area contributed by atoms with Gasteiger partial charge in [0.1, 0.15) is 0 Å². The van der Waals surface area contributed by atoms with Crippen LogP contribution in [0.2, 0.25) is 0 Å². The Kier molecular flexibility index (Phi) is 4.28. The second kappa shape index (κ2) is 5.72. The highest BCUT2D eigenvalue weighted by Crippen LogP contribution is 2.10. The van der Waals surface area contributed by atoms with E-state index in [0.29, 0.717) is 18.7 Å². The summed E-state index contributed by atoms with van der Waals surface area (Å²) in [6.07, 6.45) is 1.68. The van der Waals surface area contributed by atoms with Gasteiger partial charge < -0.3 is 4.90 Å². The molecule has 0 saturated carbocycles. The van der Waals surface area contributed by atoms with Crippen LogP contribution in [0.3, 0.4) is 0 Å². The maximum absolute atomic E-state index is 11.3. The third-order valence-electron chi connectivity index (χ3n) is 2.29. The highest BCUT2D eigenvalue weighted by Gasteiger charge is 2.09. The van der Waals surface area contributed by atoms with Crippen molar-refractivity contribution in [1.29, 1.82) is 5.26 Å². The summed E-state index contributed by atoms with van der Waals surface area (Å²) in [7, 11) is 0. The van der Waals surface area contributed by atoms with Crippen molar-refractivity contribution in [2.45, 2.75) is 13.5 Å². The van der Waals surface area contributed by atoms with E-state index in [-0.39, 0.29) is 5.91 Å². The predicted octanol–water partition coefficient (Wildman–Crippen LogP) is 2.09. The monoisotopic (exact) mass is 214 g/mol. The summed E-state index contributed by atoms with van der Waals surface area (Å²) < 4.78 is 0. The van der Waals surface area contributed by atoms with Gasteiger partial charge in [0.05, 0.1) is 11.6 Å². The third kappa shape index (κ3) is 2.96. The molecule has 1 rings (SSSR count). The van der Waals surface area contributed by atoms with Gasteiger partial charge in [-0.1, -0.05) is 24.3 Å². The quantitative estimate of drug-likeness (QED) is 0.720. The SMILES string of the molecule is C=CCN(Cc1ccccc1C#N)C(C)=O. The zero-order valence-corrected chi connectivity index (χ0v) is 9.31. The Morgan fingerprint density at radius 3 is 2.81 bits per heavy atom. The summed E-state index contributed by atoms with van der Waals surface area (Å²) in [5, 5.41) is 8.93. The van der Waals surface area contributed by atoms with Crippen molar-refractivity contribution >= 4 is 5.91 Å². The van der Waals surface area contributed by atoms with E-state index in [4.69, 9.17) is 5.26 Å². The van der Waals surface area contributed by atoms with Crippen molar-refractivity contribution in [3.05, 3.63) is 48.0 Å². The summed E-state index contributed by atoms with van der Waals surface area (Å²) in [4.78, 5) is 13.0. The van der Waals surface area contributed by atoms with Gasteiger partial charge in [0, 0.05) is 20.0 Å². The fourth-order valence-corrected chi connectivity index (χ4v) is 1.43. The number of carbonyl (C=O) groups is 1. The first-order chi connectivity index (χ1) is 7.69. The predicted molar refractivity (Wildman–Crippen MR) is 62.4 cm³/mol. The molecular weight excluding hydrogens is 200 g/mol. The summed E-state index contributed by atoms with van der Waals surface area (Å²) in [5.74, 6) is -0.0207. The number of benzene rings is 1. The van der Waals surface area contributed by atoms with Gasteiger partial charge >= 0.3 is 0 Å². The molecule has 0 spiro atoms. The molecule has 1 aromatic carbocycles. The molecule has 0 aromatic heterocycles. The maximum Gasteiger partial charge on any atom is 0.220 e. The molecule has 1 aromatic rings. The number of carbonyl (C=O) groups excluding carboxylic acids is 1. The van der Waals surface area contributed by atoms with Gasteiger partial charge in [0.25, 0.3) is 0 Å². The first-order valence-corrected chi connectivity index (χ1v) is 5.03. The van der Waals surface area contributed by atoms with Crippen LogP contribution in [-0.2, 0) is 11.3 Å².